The number of benzene rings is 1. The van der Waals surface area contributed by atoms with Crippen LogP contribution < -0.4 is 5.32 Å². The van der Waals surface area contributed by atoms with Crippen LogP contribution in [0.3, 0.4) is 0 Å². The molecule has 0 saturated heterocycles. The molecule has 96 valence electrons. The maximum absolute atomic E-state index is 14.2. The quantitative estimate of drug-likeness (QED) is 0.853. The molecular formula is C11H10BrClFN3S. The van der Waals surface area contributed by atoms with E-state index in [9.17, 15) is 4.39 Å². The van der Waals surface area contributed by atoms with Crippen LogP contribution >= 0.6 is 39.3 Å². The molecule has 0 bridgehead atoms. The molecule has 1 unspecified atom stereocenters. The van der Waals surface area contributed by atoms with Crippen LogP contribution in [0.5, 0.6) is 0 Å². The van der Waals surface area contributed by atoms with Crippen molar-refractivity contribution in [3.8, 4) is 0 Å². The highest BCUT2D eigenvalue weighted by Crippen LogP contribution is 2.32. The Morgan fingerprint density at radius 3 is 2.94 bits per heavy atom. The minimum atomic E-state index is -0.440. The van der Waals surface area contributed by atoms with Crippen LogP contribution in [0.25, 0.3) is 0 Å². The van der Waals surface area contributed by atoms with Gasteiger partial charge in [0.2, 0.25) is 0 Å². The van der Waals surface area contributed by atoms with Gasteiger partial charge in [-0.3, -0.25) is 0 Å². The lowest BCUT2D eigenvalue weighted by Crippen LogP contribution is -2.23. The SMILES string of the molecule is CCNC(c1cnsn1)c1ccc(Br)c(Cl)c1F. The Hall–Kier alpha value is -0.560. The van der Waals surface area contributed by atoms with Crippen LogP contribution in [0.2, 0.25) is 5.02 Å². The van der Waals surface area contributed by atoms with Gasteiger partial charge in [-0.2, -0.15) is 8.75 Å². The van der Waals surface area contributed by atoms with Gasteiger partial charge in [-0.15, -0.1) is 0 Å². The Labute approximate surface area is 122 Å². The fourth-order valence-corrected chi connectivity index (χ4v) is 2.57. The monoisotopic (exact) mass is 349 g/mol. The number of halogens is 3. The molecule has 7 heteroatoms. The fraction of sp³-hybridized carbons (Fsp3) is 0.273. The van der Waals surface area contributed by atoms with Gasteiger partial charge in [0.05, 0.1) is 34.7 Å². The number of aromatic nitrogens is 2. The molecule has 1 aromatic heterocycles. The summed E-state index contributed by atoms with van der Waals surface area (Å²) in [5, 5.41) is 3.26. The molecule has 1 N–H and O–H groups in total. The van der Waals surface area contributed by atoms with Gasteiger partial charge in [0.15, 0.2) is 0 Å². The molecule has 0 aliphatic heterocycles. The molecule has 2 aromatic rings. The van der Waals surface area contributed by atoms with Crippen molar-refractivity contribution < 1.29 is 4.39 Å². The second-order valence-electron chi connectivity index (χ2n) is 3.59. The van der Waals surface area contributed by atoms with E-state index in [-0.39, 0.29) is 11.1 Å². The van der Waals surface area contributed by atoms with Crippen molar-refractivity contribution in [2.24, 2.45) is 0 Å². The number of hydrogen-bond donors (Lipinski definition) is 1. The third kappa shape index (κ3) is 2.71. The first-order valence-corrected chi connectivity index (χ1v) is 7.19. The lowest BCUT2D eigenvalue weighted by Gasteiger charge is -2.17. The summed E-state index contributed by atoms with van der Waals surface area (Å²) >= 11 is 10.2. The van der Waals surface area contributed by atoms with Crippen molar-refractivity contribution in [1.82, 2.24) is 14.1 Å². The van der Waals surface area contributed by atoms with E-state index in [1.54, 1.807) is 18.3 Å². The average Bonchev–Trinajstić information content (AvgIpc) is 2.88. The van der Waals surface area contributed by atoms with E-state index >= 15 is 0 Å². The van der Waals surface area contributed by atoms with Crippen molar-refractivity contribution >= 4 is 39.3 Å². The largest absolute Gasteiger partial charge is 0.305 e. The van der Waals surface area contributed by atoms with E-state index in [0.29, 0.717) is 22.3 Å². The molecule has 18 heavy (non-hydrogen) atoms. The highest BCUT2D eigenvalue weighted by molar-refractivity contribution is 9.10. The van der Waals surface area contributed by atoms with Crippen LogP contribution in [-0.2, 0) is 0 Å². The Morgan fingerprint density at radius 2 is 2.33 bits per heavy atom. The molecule has 0 spiro atoms. The van der Waals surface area contributed by atoms with Gasteiger partial charge >= 0.3 is 0 Å². The molecule has 0 aliphatic carbocycles. The van der Waals surface area contributed by atoms with E-state index in [0.717, 1.165) is 11.7 Å². The van der Waals surface area contributed by atoms with E-state index in [1.165, 1.54) is 0 Å². The molecule has 2 rings (SSSR count). The fourth-order valence-electron chi connectivity index (χ4n) is 1.64. The third-order valence-corrected chi connectivity index (χ3v) is 4.21. The van der Waals surface area contributed by atoms with Gasteiger partial charge in [0, 0.05) is 10.0 Å². The Morgan fingerprint density at radius 1 is 1.56 bits per heavy atom. The van der Waals surface area contributed by atoms with Crippen LogP contribution in [-0.4, -0.2) is 15.3 Å². The predicted octanol–water partition coefficient (Wildman–Crippen LogP) is 3.79. The maximum Gasteiger partial charge on any atom is 0.148 e. The molecule has 0 aliphatic rings. The Kier molecular flexibility index (Phi) is 4.66. The van der Waals surface area contributed by atoms with Crippen LogP contribution in [0.15, 0.2) is 22.8 Å². The molecule has 1 atom stereocenters. The van der Waals surface area contributed by atoms with E-state index in [1.807, 2.05) is 6.92 Å². The zero-order valence-corrected chi connectivity index (χ0v) is 12.6. The lowest BCUT2D eigenvalue weighted by molar-refractivity contribution is 0.554. The van der Waals surface area contributed by atoms with E-state index in [2.05, 4.69) is 30.0 Å². The molecular weight excluding hydrogens is 341 g/mol. The summed E-state index contributed by atoms with van der Waals surface area (Å²) in [7, 11) is 0. The summed E-state index contributed by atoms with van der Waals surface area (Å²) in [4.78, 5) is 0. The molecule has 0 amide bonds. The molecule has 0 radical (unpaired) electrons. The van der Waals surface area contributed by atoms with Gasteiger partial charge in [-0.05, 0) is 28.5 Å². The zero-order chi connectivity index (χ0) is 13.1. The van der Waals surface area contributed by atoms with Crippen molar-refractivity contribution in [3.63, 3.8) is 0 Å². The second kappa shape index (κ2) is 6.06. The molecule has 0 saturated carbocycles. The third-order valence-electron chi connectivity index (χ3n) is 2.46. The molecule has 1 heterocycles. The maximum atomic E-state index is 14.2. The summed E-state index contributed by atoms with van der Waals surface area (Å²) in [6.45, 7) is 2.64. The predicted molar refractivity (Wildman–Crippen MR) is 74.5 cm³/mol. The number of rotatable bonds is 4. The zero-order valence-electron chi connectivity index (χ0n) is 9.45. The van der Waals surface area contributed by atoms with Crippen molar-refractivity contribution in [2.45, 2.75) is 13.0 Å². The van der Waals surface area contributed by atoms with E-state index < -0.39 is 5.82 Å². The molecule has 1 aromatic carbocycles. The minimum Gasteiger partial charge on any atom is -0.305 e. The highest BCUT2D eigenvalue weighted by Gasteiger charge is 2.21. The van der Waals surface area contributed by atoms with Crippen molar-refractivity contribution in [1.29, 1.82) is 0 Å². The molecule has 3 nitrogen and oxygen atoms in total. The number of hydrogen-bond acceptors (Lipinski definition) is 4. The van der Waals surface area contributed by atoms with Gasteiger partial charge in [-0.25, -0.2) is 4.39 Å². The summed E-state index contributed by atoms with van der Waals surface area (Å²) < 4.78 is 22.8. The minimum absolute atomic E-state index is 0.0820. The number of nitrogens with zero attached hydrogens (tertiary/aromatic N) is 2. The first-order chi connectivity index (χ1) is 8.65. The first-order valence-electron chi connectivity index (χ1n) is 5.29. The van der Waals surface area contributed by atoms with Crippen molar-refractivity contribution in [3.05, 3.63) is 44.9 Å². The van der Waals surface area contributed by atoms with Crippen LogP contribution in [0.4, 0.5) is 4.39 Å². The van der Waals surface area contributed by atoms with Gasteiger partial charge in [0.1, 0.15) is 5.82 Å². The standard InChI is InChI=1S/C11H10BrClFN3S/c1-2-15-11(8-5-16-18-17-8)6-3-4-7(12)9(13)10(6)14/h3-5,11,15H,2H2,1H3. The summed E-state index contributed by atoms with van der Waals surface area (Å²) in [6.07, 6.45) is 1.63. The van der Waals surface area contributed by atoms with Gasteiger partial charge < -0.3 is 5.32 Å². The topological polar surface area (TPSA) is 37.8 Å². The molecule has 0 fully saturated rings. The Balaban J connectivity index is 2.47. The Bertz CT molecular complexity index is 535. The van der Waals surface area contributed by atoms with Crippen molar-refractivity contribution in [2.75, 3.05) is 6.54 Å². The smallest absolute Gasteiger partial charge is 0.148 e. The lowest BCUT2D eigenvalue weighted by atomic mass is 10.0. The van der Waals surface area contributed by atoms with Crippen LogP contribution in [0.1, 0.15) is 24.2 Å². The normalized spacial score (nSPS) is 12.7. The second-order valence-corrected chi connectivity index (χ2v) is 5.38. The van der Waals surface area contributed by atoms with Gasteiger partial charge in [0.25, 0.3) is 0 Å². The summed E-state index contributed by atoms with van der Waals surface area (Å²) in [5.74, 6) is -0.440. The highest BCUT2D eigenvalue weighted by atomic mass is 79.9. The first kappa shape index (κ1) is 13.9. The average molecular weight is 351 g/mol. The summed E-state index contributed by atoms with van der Waals surface area (Å²) in [5.41, 5.74) is 1.16. The number of nitrogens with one attached hydrogen (secondary N) is 1. The van der Waals surface area contributed by atoms with Gasteiger partial charge in [-0.1, -0.05) is 24.6 Å². The summed E-state index contributed by atoms with van der Waals surface area (Å²) in [6, 6.07) is 3.09. The van der Waals surface area contributed by atoms with Crippen LogP contribution in [0, 0.1) is 5.82 Å². The van der Waals surface area contributed by atoms with E-state index in [4.69, 9.17) is 11.6 Å².